The third kappa shape index (κ3) is 4.07. The van der Waals surface area contributed by atoms with Crippen LogP contribution >= 0.6 is 15.9 Å². The molecule has 2 aromatic carbocycles. The topological polar surface area (TPSA) is 45.0 Å². The molecule has 0 aliphatic carbocycles. The number of nitriles is 1. The smallest absolute Gasteiger partial charge is 0.141 e. The minimum absolute atomic E-state index is 0.294. The Balaban J connectivity index is 2.19. The summed E-state index contributed by atoms with van der Waals surface area (Å²) in [7, 11) is 0. The maximum Gasteiger partial charge on any atom is 0.141 e. The van der Waals surface area contributed by atoms with E-state index in [4.69, 9.17) is 10.00 Å². The predicted molar refractivity (Wildman–Crippen MR) is 87.5 cm³/mol. The van der Waals surface area contributed by atoms with Gasteiger partial charge >= 0.3 is 0 Å². The van der Waals surface area contributed by atoms with Crippen molar-refractivity contribution < 1.29 is 4.74 Å². The Morgan fingerprint density at radius 1 is 1.29 bits per heavy atom. The molecule has 0 amide bonds. The van der Waals surface area contributed by atoms with E-state index < -0.39 is 0 Å². The largest absolute Gasteiger partial charge is 0.456 e. The summed E-state index contributed by atoms with van der Waals surface area (Å²) in [5.74, 6) is 1.39. The second-order valence-electron chi connectivity index (χ2n) is 4.71. The van der Waals surface area contributed by atoms with Crippen molar-refractivity contribution in [3.63, 3.8) is 0 Å². The first-order chi connectivity index (χ1) is 10.1. The quantitative estimate of drug-likeness (QED) is 0.848. The Kier molecular flexibility index (Phi) is 5.38. The lowest BCUT2D eigenvalue weighted by atomic mass is 10.1. The van der Waals surface area contributed by atoms with Crippen LogP contribution in [0.1, 0.15) is 31.0 Å². The molecule has 0 spiro atoms. The van der Waals surface area contributed by atoms with Crippen LogP contribution in [-0.4, -0.2) is 6.54 Å². The van der Waals surface area contributed by atoms with Gasteiger partial charge in [0.1, 0.15) is 11.5 Å². The second kappa shape index (κ2) is 7.26. The highest BCUT2D eigenvalue weighted by Crippen LogP contribution is 2.32. The van der Waals surface area contributed by atoms with Crippen LogP contribution in [0, 0.1) is 11.3 Å². The van der Waals surface area contributed by atoms with Crippen LogP contribution in [0.2, 0.25) is 0 Å². The Morgan fingerprint density at radius 2 is 2.10 bits per heavy atom. The number of benzene rings is 2. The van der Waals surface area contributed by atoms with Crippen molar-refractivity contribution in [2.45, 2.75) is 19.9 Å². The third-order valence-corrected chi connectivity index (χ3v) is 3.78. The molecule has 2 rings (SSSR count). The molecule has 0 aromatic heterocycles. The summed E-state index contributed by atoms with van der Waals surface area (Å²) in [4.78, 5) is 0. The molecule has 1 N–H and O–H groups in total. The summed E-state index contributed by atoms with van der Waals surface area (Å²) in [6.07, 6.45) is 0. The monoisotopic (exact) mass is 344 g/mol. The fourth-order valence-electron chi connectivity index (χ4n) is 2.05. The standard InChI is InChI=1S/C17H17BrN2O/c1-3-20-12(2)14-7-8-17(16(18)10-14)21-15-6-4-5-13(9-15)11-19/h4-10,12,20H,3H2,1-2H3. The molecule has 0 aliphatic heterocycles. The predicted octanol–water partition coefficient (Wildman–Crippen LogP) is 4.78. The van der Waals surface area contributed by atoms with Gasteiger partial charge in [0.15, 0.2) is 0 Å². The van der Waals surface area contributed by atoms with Crippen LogP contribution < -0.4 is 10.1 Å². The van der Waals surface area contributed by atoms with E-state index in [0.29, 0.717) is 17.4 Å². The number of nitrogens with zero attached hydrogens (tertiary/aromatic N) is 1. The van der Waals surface area contributed by atoms with Gasteiger partial charge in [-0.25, -0.2) is 0 Å². The van der Waals surface area contributed by atoms with Crippen LogP contribution in [0.5, 0.6) is 11.5 Å². The van der Waals surface area contributed by atoms with Gasteiger partial charge in [-0.05, 0) is 65.3 Å². The van der Waals surface area contributed by atoms with E-state index >= 15 is 0 Å². The van der Waals surface area contributed by atoms with Gasteiger partial charge in [0.2, 0.25) is 0 Å². The highest BCUT2D eigenvalue weighted by molar-refractivity contribution is 9.10. The number of rotatable bonds is 5. The van der Waals surface area contributed by atoms with E-state index in [1.807, 2.05) is 24.3 Å². The van der Waals surface area contributed by atoms with Crippen LogP contribution in [0.4, 0.5) is 0 Å². The van der Waals surface area contributed by atoms with Gasteiger partial charge in [0.05, 0.1) is 16.1 Å². The molecule has 0 saturated heterocycles. The van der Waals surface area contributed by atoms with E-state index in [-0.39, 0.29) is 0 Å². The van der Waals surface area contributed by atoms with Gasteiger partial charge < -0.3 is 10.1 Å². The molecule has 0 heterocycles. The Morgan fingerprint density at radius 3 is 2.76 bits per heavy atom. The normalized spacial score (nSPS) is 11.7. The summed E-state index contributed by atoms with van der Waals surface area (Å²) < 4.78 is 6.72. The lowest BCUT2D eigenvalue weighted by Crippen LogP contribution is -2.17. The SMILES string of the molecule is CCNC(C)c1ccc(Oc2cccc(C#N)c2)c(Br)c1. The molecule has 1 unspecified atom stereocenters. The Labute approximate surface area is 133 Å². The highest BCUT2D eigenvalue weighted by atomic mass is 79.9. The average molecular weight is 345 g/mol. The molecule has 1 atom stereocenters. The van der Waals surface area contributed by atoms with Crippen molar-refractivity contribution in [3.8, 4) is 17.6 Å². The van der Waals surface area contributed by atoms with E-state index in [1.165, 1.54) is 5.56 Å². The Hall–Kier alpha value is -1.83. The van der Waals surface area contributed by atoms with Gasteiger partial charge in [0, 0.05) is 6.04 Å². The molecule has 0 aliphatic rings. The fraction of sp³-hybridized carbons (Fsp3) is 0.235. The van der Waals surface area contributed by atoms with Gasteiger partial charge in [-0.1, -0.05) is 19.1 Å². The van der Waals surface area contributed by atoms with Crippen LogP contribution in [0.25, 0.3) is 0 Å². The molecule has 0 saturated carbocycles. The molecule has 21 heavy (non-hydrogen) atoms. The molecule has 4 heteroatoms. The molecule has 0 radical (unpaired) electrons. The van der Waals surface area contributed by atoms with Crippen LogP contribution in [-0.2, 0) is 0 Å². The van der Waals surface area contributed by atoms with Crippen molar-refractivity contribution >= 4 is 15.9 Å². The highest BCUT2D eigenvalue weighted by Gasteiger charge is 2.08. The minimum Gasteiger partial charge on any atom is -0.456 e. The first-order valence-corrected chi connectivity index (χ1v) is 7.64. The molecular formula is C17H17BrN2O. The van der Waals surface area contributed by atoms with Gasteiger partial charge in [-0.15, -0.1) is 0 Å². The molecule has 108 valence electrons. The van der Waals surface area contributed by atoms with Crippen molar-refractivity contribution in [1.29, 1.82) is 5.26 Å². The van der Waals surface area contributed by atoms with Crippen molar-refractivity contribution in [2.75, 3.05) is 6.54 Å². The molecule has 3 nitrogen and oxygen atoms in total. The lowest BCUT2D eigenvalue weighted by Gasteiger charge is -2.15. The van der Waals surface area contributed by atoms with E-state index in [1.54, 1.807) is 12.1 Å². The Bertz CT molecular complexity index is 664. The summed E-state index contributed by atoms with van der Waals surface area (Å²) in [6.45, 7) is 5.14. The number of ether oxygens (including phenoxy) is 1. The van der Waals surface area contributed by atoms with Crippen LogP contribution in [0.15, 0.2) is 46.9 Å². The number of halogens is 1. The molecular weight excluding hydrogens is 328 g/mol. The first-order valence-electron chi connectivity index (χ1n) is 6.85. The number of nitrogens with one attached hydrogen (secondary N) is 1. The molecule has 2 aromatic rings. The second-order valence-corrected chi connectivity index (χ2v) is 5.57. The van der Waals surface area contributed by atoms with Gasteiger partial charge in [-0.2, -0.15) is 5.26 Å². The van der Waals surface area contributed by atoms with Crippen molar-refractivity contribution in [3.05, 3.63) is 58.1 Å². The van der Waals surface area contributed by atoms with E-state index in [0.717, 1.165) is 16.8 Å². The summed E-state index contributed by atoms with van der Waals surface area (Å²) >= 11 is 3.54. The number of hydrogen-bond donors (Lipinski definition) is 1. The third-order valence-electron chi connectivity index (χ3n) is 3.16. The van der Waals surface area contributed by atoms with E-state index in [2.05, 4.69) is 47.2 Å². The van der Waals surface area contributed by atoms with Crippen LogP contribution in [0.3, 0.4) is 0 Å². The average Bonchev–Trinajstić information content (AvgIpc) is 2.49. The molecule has 0 bridgehead atoms. The minimum atomic E-state index is 0.294. The first kappa shape index (κ1) is 15.6. The molecule has 0 fully saturated rings. The summed E-state index contributed by atoms with van der Waals surface area (Å²) in [5, 5.41) is 12.3. The van der Waals surface area contributed by atoms with Crippen molar-refractivity contribution in [1.82, 2.24) is 5.32 Å². The summed E-state index contributed by atoms with van der Waals surface area (Å²) in [5.41, 5.74) is 1.78. The number of hydrogen-bond acceptors (Lipinski definition) is 3. The lowest BCUT2D eigenvalue weighted by molar-refractivity contribution is 0.478. The maximum absolute atomic E-state index is 8.91. The fourth-order valence-corrected chi connectivity index (χ4v) is 2.53. The zero-order chi connectivity index (χ0) is 15.2. The van der Waals surface area contributed by atoms with E-state index in [9.17, 15) is 0 Å². The van der Waals surface area contributed by atoms with Gasteiger partial charge in [-0.3, -0.25) is 0 Å². The zero-order valence-electron chi connectivity index (χ0n) is 12.1. The zero-order valence-corrected chi connectivity index (χ0v) is 13.6. The maximum atomic E-state index is 8.91. The summed E-state index contributed by atoms with van der Waals surface area (Å²) in [6, 6.07) is 15.6. The van der Waals surface area contributed by atoms with Crippen molar-refractivity contribution in [2.24, 2.45) is 0 Å². The van der Waals surface area contributed by atoms with Gasteiger partial charge in [0.25, 0.3) is 0 Å².